The van der Waals surface area contributed by atoms with Crippen LogP contribution >= 0.6 is 0 Å². The number of primary amides is 1. The molecule has 4 N–H and O–H groups in total. The van der Waals surface area contributed by atoms with Gasteiger partial charge in [-0.2, -0.15) is 0 Å². The summed E-state index contributed by atoms with van der Waals surface area (Å²) in [5.74, 6) is -0.947. The van der Waals surface area contributed by atoms with Gasteiger partial charge in [0.25, 0.3) is 0 Å². The molecule has 21 heavy (non-hydrogen) atoms. The van der Waals surface area contributed by atoms with Gasteiger partial charge in [0, 0.05) is 18.3 Å². The van der Waals surface area contributed by atoms with Crippen LogP contribution < -0.4 is 16.4 Å². The number of nitrogens with zero attached hydrogens (tertiary/aromatic N) is 1. The molecule has 1 aliphatic rings. The summed E-state index contributed by atoms with van der Waals surface area (Å²) in [6, 6.07) is 5.35. The van der Waals surface area contributed by atoms with E-state index in [1.54, 1.807) is 18.2 Å². The lowest BCUT2D eigenvalue weighted by Gasteiger charge is -2.39. The normalized spacial score (nSPS) is 21.9. The first kappa shape index (κ1) is 15.2. The summed E-state index contributed by atoms with van der Waals surface area (Å²) in [7, 11) is 1.33. The molecule has 114 valence electrons. The second-order valence-electron chi connectivity index (χ2n) is 5.45. The van der Waals surface area contributed by atoms with Crippen molar-refractivity contribution in [3.63, 3.8) is 0 Å². The van der Waals surface area contributed by atoms with Crippen LogP contribution in [0.1, 0.15) is 30.1 Å². The number of methoxy groups -OCH3 is 1. The smallest absolute Gasteiger partial charge is 0.340 e. The van der Waals surface area contributed by atoms with Crippen LogP contribution in [0.3, 0.4) is 0 Å². The largest absolute Gasteiger partial charge is 0.465 e. The second kappa shape index (κ2) is 6.03. The lowest BCUT2D eigenvalue weighted by molar-refractivity contribution is -0.122. The highest BCUT2D eigenvalue weighted by Gasteiger charge is 2.31. The maximum Gasteiger partial charge on any atom is 0.340 e. The Hall–Kier alpha value is -2.24. The Labute approximate surface area is 124 Å². The summed E-state index contributed by atoms with van der Waals surface area (Å²) in [6.45, 7) is 2.57. The summed E-state index contributed by atoms with van der Waals surface area (Å²) in [5, 5.41) is 0. The molecular weight excluding hydrogens is 270 g/mol. The number of carbonyl (C=O) groups is 2. The minimum atomic E-state index is -0.439. The number of hydrogen-bond donors (Lipinski definition) is 2. The van der Waals surface area contributed by atoms with Gasteiger partial charge in [-0.3, -0.25) is 4.79 Å². The molecule has 1 aromatic carbocycles. The number of nitrogen functional groups attached to an aromatic ring is 1. The van der Waals surface area contributed by atoms with Crippen LogP contribution in [0.25, 0.3) is 0 Å². The average molecular weight is 291 g/mol. The number of nitrogens with two attached hydrogens (primary N) is 2. The van der Waals surface area contributed by atoms with E-state index in [9.17, 15) is 9.59 Å². The van der Waals surface area contributed by atoms with Gasteiger partial charge < -0.3 is 21.1 Å². The van der Waals surface area contributed by atoms with E-state index in [0.29, 0.717) is 17.8 Å². The third-order valence-electron chi connectivity index (χ3n) is 4.02. The molecular formula is C15H21N3O3. The molecule has 1 aliphatic heterocycles. The molecule has 0 bridgehead atoms. The van der Waals surface area contributed by atoms with E-state index in [1.807, 2.05) is 4.90 Å². The number of ether oxygens (including phenoxy) is 1. The third kappa shape index (κ3) is 3.09. The number of esters is 1. The van der Waals surface area contributed by atoms with Gasteiger partial charge in [0.1, 0.15) is 0 Å². The van der Waals surface area contributed by atoms with E-state index < -0.39 is 5.97 Å². The first-order chi connectivity index (χ1) is 9.93. The molecule has 0 aliphatic carbocycles. The standard InChI is InChI=1S/C15H21N3O3/c1-9-3-4-10(14(17)19)8-18(9)13-6-5-11(16)7-12(13)15(20)21-2/h5-7,9-10H,3-4,8,16H2,1-2H3,(H2,17,19). The molecule has 6 nitrogen and oxygen atoms in total. The lowest BCUT2D eigenvalue weighted by atomic mass is 9.91. The van der Waals surface area contributed by atoms with Crippen molar-refractivity contribution in [3.05, 3.63) is 23.8 Å². The van der Waals surface area contributed by atoms with Crippen molar-refractivity contribution in [1.29, 1.82) is 0 Å². The lowest BCUT2D eigenvalue weighted by Crippen LogP contribution is -2.46. The van der Waals surface area contributed by atoms with Gasteiger partial charge in [-0.15, -0.1) is 0 Å². The van der Waals surface area contributed by atoms with Gasteiger partial charge in [0.15, 0.2) is 0 Å². The molecule has 2 unspecified atom stereocenters. The summed E-state index contributed by atoms with van der Waals surface area (Å²) < 4.78 is 4.82. The number of benzene rings is 1. The highest BCUT2D eigenvalue weighted by atomic mass is 16.5. The van der Waals surface area contributed by atoms with E-state index in [4.69, 9.17) is 16.2 Å². The van der Waals surface area contributed by atoms with Gasteiger partial charge in [-0.25, -0.2) is 4.79 Å². The van der Waals surface area contributed by atoms with E-state index >= 15 is 0 Å². The van der Waals surface area contributed by atoms with E-state index in [1.165, 1.54) is 7.11 Å². The predicted molar refractivity (Wildman–Crippen MR) is 80.9 cm³/mol. The van der Waals surface area contributed by atoms with Crippen molar-refractivity contribution in [2.75, 3.05) is 24.3 Å². The topological polar surface area (TPSA) is 98.7 Å². The zero-order valence-electron chi connectivity index (χ0n) is 12.3. The van der Waals surface area contributed by atoms with Crippen LogP contribution in [0.4, 0.5) is 11.4 Å². The molecule has 2 atom stereocenters. The Kier molecular flexibility index (Phi) is 4.35. The third-order valence-corrected chi connectivity index (χ3v) is 4.02. The quantitative estimate of drug-likeness (QED) is 0.643. The number of amides is 1. The zero-order valence-corrected chi connectivity index (χ0v) is 12.3. The van der Waals surface area contributed by atoms with E-state index in [2.05, 4.69) is 6.92 Å². The van der Waals surface area contributed by atoms with Gasteiger partial charge in [0.05, 0.1) is 24.3 Å². The highest BCUT2D eigenvalue weighted by Crippen LogP contribution is 2.31. The van der Waals surface area contributed by atoms with Crippen molar-refractivity contribution < 1.29 is 14.3 Å². The van der Waals surface area contributed by atoms with Crippen molar-refractivity contribution >= 4 is 23.3 Å². The Morgan fingerprint density at radius 1 is 1.33 bits per heavy atom. The molecule has 1 heterocycles. The van der Waals surface area contributed by atoms with Crippen molar-refractivity contribution in [1.82, 2.24) is 0 Å². The number of rotatable bonds is 3. The van der Waals surface area contributed by atoms with Crippen LogP contribution in [-0.4, -0.2) is 31.6 Å². The molecule has 0 spiro atoms. The van der Waals surface area contributed by atoms with Gasteiger partial charge >= 0.3 is 5.97 Å². The SMILES string of the molecule is COC(=O)c1cc(N)ccc1N1CC(C(N)=O)CCC1C. The molecule has 0 aromatic heterocycles. The first-order valence-corrected chi connectivity index (χ1v) is 6.97. The molecule has 0 radical (unpaired) electrons. The van der Waals surface area contributed by atoms with Crippen LogP contribution in [0.5, 0.6) is 0 Å². The fraction of sp³-hybridized carbons (Fsp3) is 0.467. The van der Waals surface area contributed by atoms with Crippen molar-refractivity contribution in [2.24, 2.45) is 11.7 Å². The molecule has 6 heteroatoms. The monoisotopic (exact) mass is 291 g/mol. The van der Waals surface area contributed by atoms with E-state index in [-0.39, 0.29) is 17.9 Å². The molecule has 1 saturated heterocycles. The average Bonchev–Trinajstić information content (AvgIpc) is 2.47. The van der Waals surface area contributed by atoms with Crippen LogP contribution in [0.15, 0.2) is 18.2 Å². The predicted octanol–water partition coefficient (Wildman–Crippen LogP) is 1.15. The van der Waals surface area contributed by atoms with Crippen LogP contribution in [0.2, 0.25) is 0 Å². The van der Waals surface area contributed by atoms with Crippen LogP contribution in [-0.2, 0) is 9.53 Å². The Bertz CT molecular complexity index is 559. The Morgan fingerprint density at radius 3 is 2.67 bits per heavy atom. The van der Waals surface area contributed by atoms with E-state index in [0.717, 1.165) is 18.5 Å². The summed E-state index contributed by atoms with van der Waals surface area (Å²) >= 11 is 0. The van der Waals surface area contributed by atoms with Gasteiger partial charge in [-0.1, -0.05) is 0 Å². The molecule has 2 rings (SSSR count). The van der Waals surface area contributed by atoms with Crippen LogP contribution in [0, 0.1) is 5.92 Å². The zero-order chi connectivity index (χ0) is 15.6. The van der Waals surface area contributed by atoms with Gasteiger partial charge in [-0.05, 0) is 38.0 Å². The number of hydrogen-bond acceptors (Lipinski definition) is 5. The minimum Gasteiger partial charge on any atom is -0.465 e. The molecule has 1 amide bonds. The second-order valence-corrected chi connectivity index (χ2v) is 5.45. The van der Waals surface area contributed by atoms with Crippen molar-refractivity contribution in [2.45, 2.75) is 25.8 Å². The van der Waals surface area contributed by atoms with Gasteiger partial charge in [0.2, 0.25) is 5.91 Å². The number of anilines is 2. The maximum absolute atomic E-state index is 12.0. The summed E-state index contributed by atoms with van der Waals surface area (Å²) in [4.78, 5) is 25.4. The highest BCUT2D eigenvalue weighted by molar-refractivity contribution is 5.97. The molecule has 0 saturated carbocycles. The first-order valence-electron chi connectivity index (χ1n) is 6.97. The fourth-order valence-corrected chi connectivity index (χ4v) is 2.75. The molecule has 1 fully saturated rings. The summed E-state index contributed by atoms with van der Waals surface area (Å²) in [6.07, 6.45) is 1.62. The maximum atomic E-state index is 12.0. The Balaban J connectivity index is 2.39. The minimum absolute atomic E-state index is 0.204. The summed E-state index contributed by atoms with van der Waals surface area (Å²) in [5.41, 5.74) is 12.8. The Morgan fingerprint density at radius 2 is 2.05 bits per heavy atom. The van der Waals surface area contributed by atoms with Crippen molar-refractivity contribution in [3.8, 4) is 0 Å². The fourth-order valence-electron chi connectivity index (χ4n) is 2.75. The number of carbonyl (C=O) groups excluding carboxylic acids is 2. The molecule has 1 aromatic rings. The number of piperidine rings is 1.